The lowest BCUT2D eigenvalue weighted by Crippen LogP contribution is -2.39. The van der Waals surface area contributed by atoms with E-state index in [9.17, 15) is 13.2 Å². The molecule has 0 bridgehead atoms. The number of carboxylic acid groups (broad SMARTS) is 1. The molecule has 0 unspecified atom stereocenters. The molecule has 1 saturated heterocycles. The normalized spacial score (nSPS) is 19.4. The summed E-state index contributed by atoms with van der Waals surface area (Å²) in [6.45, 7) is 1.01. The zero-order valence-electron chi connectivity index (χ0n) is 7.68. The van der Waals surface area contributed by atoms with Crippen molar-refractivity contribution >= 4 is 27.8 Å². The summed E-state index contributed by atoms with van der Waals surface area (Å²) in [5, 5.41) is 8.39. The fourth-order valence-electron chi connectivity index (χ4n) is 1.17. The van der Waals surface area contributed by atoms with Crippen molar-refractivity contribution in [2.24, 2.45) is 0 Å². The predicted molar refractivity (Wildman–Crippen MR) is 54.9 cm³/mol. The summed E-state index contributed by atoms with van der Waals surface area (Å²) >= 11 is 1.72. The summed E-state index contributed by atoms with van der Waals surface area (Å²) in [6, 6.07) is 0. The van der Waals surface area contributed by atoms with Crippen LogP contribution in [-0.4, -0.2) is 54.1 Å². The summed E-state index contributed by atoms with van der Waals surface area (Å²) in [7, 11) is -3.34. The molecule has 5 nitrogen and oxygen atoms in total. The smallest absolute Gasteiger partial charge is 0.304 e. The average Bonchev–Trinajstić information content (AvgIpc) is 2.16. The Kier molecular flexibility index (Phi) is 4.21. The fraction of sp³-hybridized carbons (Fsp3) is 0.857. The minimum Gasteiger partial charge on any atom is -0.481 e. The molecule has 82 valence electrons. The van der Waals surface area contributed by atoms with E-state index in [1.807, 2.05) is 0 Å². The van der Waals surface area contributed by atoms with Gasteiger partial charge in [-0.25, -0.2) is 12.7 Å². The number of carbonyl (C=O) groups is 1. The Morgan fingerprint density at radius 2 is 1.93 bits per heavy atom. The topological polar surface area (TPSA) is 74.7 Å². The number of rotatable bonds is 4. The van der Waals surface area contributed by atoms with Crippen LogP contribution < -0.4 is 0 Å². The van der Waals surface area contributed by atoms with Crippen LogP contribution in [0.2, 0.25) is 0 Å². The molecule has 7 heteroatoms. The summed E-state index contributed by atoms with van der Waals surface area (Å²) < 4.78 is 24.5. The SMILES string of the molecule is O=C(O)CCS(=O)(=O)N1CCSCC1. The molecule has 0 aromatic rings. The first-order chi connectivity index (χ1) is 6.52. The average molecular weight is 239 g/mol. The van der Waals surface area contributed by atoms with Gasteiger partial charge in [0.25, 0.3) is 0 Å². The first-order valence-electron chi connectivity index (χ1n) is 4.30. The van der Waals surface area contributed by atoms with Gasteiger partial charge in [-0.15, -0.1) is 0 Å². The highest BCUT2D eigenvalue weighted by Crippen LogP contribution is 2.13. The van der Waals surface area contributed by atoms with Crippen LogP contribution in [0.1, 0.15) is 6.42 Å². The summed E-state index contributed by atoms with van der Waals surface area (Å²) in [5.74, 6) is 0.242. The standard InChI is InChI=1S/C7H13NO4S2/c9-7(10)1-6-14(11,12)8-2-4-13-5-3-8/h1-6H2,(H,9,10). The van der Waals surface area contributed by atoms with E-state index in [2.05, 4.69) is 0 Å². The summed E-state index contributed by atoms with van der Waals surface area (Å²) in [4.78, 5) is 10.2. The maximum absolute atomic E-state index is 11.5. The van der Waals surface area contributed by atoms with Crippen LogP contribution in [0.5, 0.6) is 0 Å². The molecule has 0 atom stereocenters. The van der Waals surface area contributed by atoms with Crippen molar-refractivity contribution in [1.29, 1.82) is 0 Å². The molecule has 0 amide bonds. The largest absolute Gasteiger partial charge is 0.481 e. The second-order valence-electron chi connectivity index (χ2n) is 2.97. The number of sulfonamides is 1. The maximum Gasteiger partial charge on any atom is 0.304 e. The Labute approximate surface area is 87.5 Å². The van der Waals surface area contributed by atoms with Crippen LogP contribution >= 0.6 is 11.8 Å². The van der Waals surface area contributed by atoms with Crippen LogP contribution in [0.3, 0.4) is 0 Å². The maximum atomic E-state index is 11.5. The van der Waals surface area contributed by atoms with Crippen molar-refractivity contribution in [2.45, 2.75) is 6.42 Å². The molecule has 0 aliphatic carbocycles. The number of nitrogens with zero attached hydrogens (tertiary/aromatic N) is 1. The minimum atomic E-state index is -3.34. The molecule has 1 aliphatic heterocycles. The second-order valence-corrected chi connectivity index (χ2v) is 6.28. The highest BCUT2D eigenvalue weighted by atomic mass is 32.2. The van der Waals surface area contributed by atoms with Crippen molar-refractivity contribution in [3.05, 3.63) is 0 Å². The lowest BCUT2D eigenvalue weighted by Gasteiger charge is -2.25. The van der Waals surface area contributed by atoms with Crippen LogP contribution in [-0.2, 0) is 14.8 Å². The van der Waals surface area contributed by atoms with E-state index >= 15 is 0 Å². The van der Waals surface area contributed by atoms with Gasteiger partial charge in [0.1, 0.15) is 0 Å². The minimum absolute atomic E-state index is 0.285. The van der Waals surface area contributed by atoms with Gasteiger partial charge in [0.15, 0.2) is 0 Å². The number of aliphatic carboxylic acids is 1. The highest BCUT2D eigenvalue weighted by molar-refractivity contribution is 7.99. The zero-order valence-corrected chi connectivity index (χ0v) is 9.31. The Balaban J connectivity index is 2.50. The Morgan fingerprint density at radius 3 is 2.43 bits per heavy atom. The van der Waals surface area contributed by atoms with Gasteiger partial charge in [0.05, 0.1) is 12.2 Å². The molecule has 1 N–H and O–H groups in total. The third-order valence-corrected chi connectivity index (χ3v) is 4.75. The van der Waals surface area contributed by atoms with Gasteiger partial charge in [-0.3, -0.25) is 4.79 Å². The molecule has 14 heavy (non-hydrogen) atoms. The summed E-state index contributed by atoms with van der Waals surface area (Å²) in [5.41, 5.74) is 0. The van der Waals surface area contributed by atoms with Crippen LogP contribution in [0.25, 0.3) is 0 Å². The van der Waals surface area contributed by atoms with Crippen LogP contribution in [0.15, 0.2) is 0 Å². The van der Waals surface area contributed by atoms with Gasteiger partial charge in [0.2, 0.25) is 10.0 Å². The van der Waals surface area contributed by atoms with Crippen molar-refractivity contribution in [3.63, 3.8) is 0 Å². The fourth-order valence-corrected chi connectivity index (χ4v) is 3.73. The first kappa shape index (κ1) is 11.8. The number of thioether (sulfide) groups is 1. The molecule has 0 spiro atoms. The molecule has 0 aromatic carbocycles. The van der Waals surface area contributed by atoms with Gasteiger partial charge in [0, 0.05) is 24.6 Å². The zero-order chi connectivity index (χ0) is 10.6. The lowest BCUT2D eigenvalue weighted by molar-refractivity contribution is -0.136. The molecule has 1 rings (SSSR count). The first-order valence-corrected chi connectivity index (χ1v) is 7.06. The number of hydrogen-bond acceptors (Lipinski definition) is 4. The molecule has 0 saturated carbocycles. The molecular formula is C7H13NO4S2. The van der Waals surface area contributed by atoms with Crippen molar-refractivity contribution in [2.75, 3.05) is 30.3 Å². The van der Waals surface area contributed by atoms with Crippen LogP contribution in [0, 0.1) is 0 Å². The van der Waals surface area contributed by atoms with E-state index in [4.69, 9.17) is 5.11 Å². The van der Waals surface area contributed by atoms with Gasteiger partial charge in [-0.2, -0.15) is 11.8 Å². The van der Waals surface area contributed by atoms with E-state index < -0.39 is 16.0 Å². The van der Waals surface area contributed by atoms with E-state index in [-0.39, 0.29) is 12.2 Å². The monoisotopic (exact) mass is 239 g/mol. The molecule has 0 radical (unpaired) electrons. The molecule has 0 aromatic heterocycles. The van der Waals surface area contributed by atoms with Gasteiger partial charge >= 0.3 is 5.97 Å². The Hall–Kier alpha value is -0.270. The van der Waals surface area contributed by atoms with E-state index in [0.717, 1.165) is 11.5 Å². The van der Waals surface area contributed by atoms with Crippen molar-refractivity contribution in [1.82, 2.24) is 4.31 Å². The van der Waals surface area contributed by atoms with E-state index in [1.165, 1.54) is 4.31 Å². The quantitative estimate of drug-likeness (QED) is 0.738. The van der Waals surface area contributed by atoms with Gasteiger partial charge < -0.3 is 5.11 Å². The lowest BCUT2D eigenvalue weighted by atomic mass is 10.5. The van der Waals surface area contributed by atoms with E-state index in [1.54, 1.807) is 11.8 Å². The second kappa shape index (κ2) is 4.99. The Morgan fingerprint density at radius 1 is 1.36 bits per heavy atom. The highest BCUT2D eigenvalue weighted by Gasteiger charge is 2.24. The van der Waals surface area contributed by atoms with Gasteiger partial charge in [-0.1, -0.05) is 0 Å². The molecular weight excluding hydrogens is 226 g/mol. The third kappa shape index (κ3) is 3.47. The Bertz CT molecular complexity index is 295. The molecule has 1 fully saturated rings. The molecule has 1 aliphatic rings. The third-order valence-electron chi connectivity index (χ3n) is 1.94. The number of carboxylic acids is 1. The van der Waals surface area contributed by atoms with Gasteiger partial charge in [-0.05, 0) is 0 Å². The van der Waals surface area contributed by atoms with Crippen molar-refractivity contribution < 1.29 is 18.3 Å². The number of hydrogen-bond donors (Lipinski definition) is 1. The molecule has 1 heterocycles. The summed E-state index contributed by atoms with van der Waals surface area (Å²) in [6.07, 6.45) is -0.314. The van der Waals surface area contributed by atoms with Crippen LogP contribution in [0.4, 0.5) is 0 Å². The predicted octanol–water partition coefficient (Wildman–Crippen LogP) is -0.160. The van der Waals surface area contributed by atoms with E-state index in [0.29, 0.717) is 13.1 Å². The van der Waals surface area contributed by atoms with Crippen molar-refractivity contribution in [3.8, 4) is 0 Å².